The average Bonchev–Trinajstić information content (AvgIpc) is 3.02. The molecule has 0 atom stereocenters. The molecule has 3 heterocycles. The Balaban J connectivity index is 1.48. The third-order valence-corrected chi connectivity index (χ3v) is 9.24. The molecule has 15 heteroatoms. The number of hydrogen-bond acceptors (Lipinski definition) is 8. The van der Waals surface area contributed by atoms with Crippen molar-refractivity contribution in [1.82, 2.24) is 19.9 Å². The minimum absolute atomic E-state index is 0.0125. The first-order chi connectivity index (χ1) is 22.3. The zero-order valence-corrected chi connectivity index (χ0v) is 26.3. The van der Waals surface area contributed by atoms with Crippen molar-refractivity contribution in [2.75, 3.05) is 42.7 Å². The van der Waals surface area contributed by atoms with Crippen molar-refractivity contribution < 1.29 is 26.0 Å². The molecule has 0 aliphatic carbocycles. The van der Waals surface area contributed by atoms with Crippen LogP contribution in [0, 0.1) is 5.82 Å². The van der Waals surface area contributed by atoms with Crippen LogP contribution in [0.2, 0.25) is 5.02 Å². The number of benzene rings is 3. The predicted molar refractivity (Wildman–Crippen MR) is 173 cm³/mol. The van der Waals surface area contributed by atoms with Crippen LogP contribution in [0.3, 0.4) is 0 Å². The maximum atomic E-state index is 15.1. The van der Waals surface area contributed by atoms with Gasteiger partial charge >= 0.3 is 6.18 Å². The van der Waals surface area contributed by atoms with E-state index in [0.717, 1.165) is 30.0 Å². The van der Waals surface area contributed by atoms with Crippen molar-refractivity contribution in [3.63, 3.8) is 0 Å². The maximum Gasteiger partial charge on any atom is 0.416 e. The number of hydrogen-bond donors (Lipinski definition) is 2. The average molecular weight is 687 g/mol. The van der Waals surface area contributed by atoms with Gasteiger partial charge in [-0.05, 0) is 54.1 Å². The summed E-state index contributed by atoms with van der Waals surface area (Å²) in [5.41, 5.74) is -1.14. The summed E-state index contributed by atoms with van der Waals surface area (Å²) in [4.78, 5) is 24.7. The number of alkyl halides is 3. The van der Waals surface area contributed by atoms with Crippen molar-refractivity contribution in [2.24, 2.45) is 0 Å². The van der Waals surface area contributed by atoms with E-state index in [1.54, 1.807) is 12.1 Å². The van der Waals surface area contributed by atoms with Crippen molar-refractivity contribution in [3.05, 3.63) is 105 Å². The predicted octanol–water partition coefficient (Wildman–Crippen LogP) is 5.87. The van der Waals surface area contributed by atoms with Crippen LogP contribution in [-0.2, 0) is 22.6 Å². The van der Waals surface area contributed by atoms with Gasteiger partial charge in [-0.1, -0.05) is 29.8 Å². The van der Waals surface area contributed by atoms with Crippen LogP contribution in [0.1, 0.15) is 11.1 Å². The first-order valence-corrected chi connectivity index (χ1v) is 16.6. The number of sulfone groups is 1. The van der Waals surface area contributed by atoms with Crippen molar-refractivity contribution in [1.29, 1.82) is 0 Å². The zero-order valence-electron chi connectivity index (χ0n) is 24.8. The van der Waals surface area contributed by atoms with E-state index in [2.05, 4.69) is 20.6 Å². The van der Waals surface area contributed by atoms with Gasteiger partial charge in [-0.25, -0.2) is 17.8 Å². The van der Waals surface area contributed by atoms with Gasteiger partial charge in [-0.15, -0.1) is 0 Å². The van der Waals surface area contributed by atoms with Gasteiger partial charge in [0.05, 0.1) is 22.7 Å². The lowest BCUT2D eigenvalue weighted by atomic mass is 10.0. The summed E-state index contributed by atoms with van der Waals surface area (Å²) in [6, 6.07) is 14.7. The van der Waals surface area contributed by atoms with Gasteiger partial charge in [0.15, 0.2) is 9.84 Å². The van der Waals surface area contributed by atoms with Crippen LogP contribution in [-0.4, -0.2) is 55.4 Å². The van der Waals surface area contributed by atoms with Gasteiger partial charge in [-0.2, -0.15) is 18.2 Å². The lowest BCUT2D eigenvalue weighted by Crippen LogP contribution is -2.43. The lowest BCUT2D eigenvalue weighted by Gasteiger charge is -2.29. The molecule has 0 unspecified atom stereocenters. The highest BCUT2D eigenvalue weighted by Crippen LogP contribution is 2.34. The fourth-order valence-electron chi connectivity index (χ4n) is 5.48. The third-order valence-electron chi connectivity index (χ3n) is 7.80. The lowest BCUT2D eigenvalue weighted by molar-refractivity contribution is -0.138. The highest BCUT2D eigenvalue weighted by molar-refractivity contribution is 7.90. The first kappa shape index (κ1) is 32.4. The molecule has 5 aromatic rings. The molecule has 1 aliphatic rings. The molecule has 0 spiro atoms. The first-order valence-electron chi connectivity index (χ1n) is 14.4. The maximum absolute atomic E-state index is 15.1. The molecule has 0 bridgehead atoms. The molecule has 2 aromatic heterocycles. The minimum atomic E-state index is -4.70. The zero-order chi connectivity index (χ0) is 33.5. The quantitative estimate of drug-likeness (QED) is 0.205. The molecule has 9 nitrogen and oxygen atoms in total. The number of fused-ring (bicyclic) bond motifs is 1. The molecule has 244 valence electrons. The van der Waals surface area contributed by atoms with Gasteiger partial charge in [-0.3, -0.25) is 9.36 Å². The van der Waals surface area contributed by atoms with E-state index in [9.17, 15) is 26.4 Å². The molecule has 1 fully saturated rings. The van der Waals surface area contributed by atoms with Crippen LogP contribution in [0.15, 0.2) is 82.6 Å². The summed E-state index contributed by atoms with van der Waals surface area (Å²) in [6.07, 6.45) is -2.34. The van der Waals surface area contributed by atoms with Gasteiger partial charge in [0.2, 0.25) is 5.95 Å². The number of pyridine rings is 1. The van der Waals surface area contributed by atoms with E-state index in [1.165, 1.54) is 54.7 Å². The minimum Gasteiger partial charge on any atom is -0.367 e. The Labute approximate surface area is 271 Å². The van der Waals surface area contributed by atoms with Crippen molar-refractivity contribution in [2.45, 2.75) is 17.6 Å². The molecule has 0 amide bonds. The fraction of sp³-hybridized carbons (Fsp3) is 0.219. The summed E-state index contributed by atoms with van der Waals surface area (Å²) in [5, 5.41) is 6.45. The molecule has 0 saturated carbocycles. The topological polar surface area (TPSA) is 109 Å². The Kier molecular flexibility index (Phi) is 8.68. The Hall–Kier alpha value is -4.53. The van der Waals surface area contributed by atoms with E-state index < -0.39 is 39.5 Å². The smallest absolute Gasteiger partial charge is 0.367 e. The number of anilines is 3. The number of nitrogens with zero attached hydrogens (tertiary/aromatic N) is 4. The molecular formula is C32H27ClF4N6O3S. The van der Waals surface area contributed by atoms with E-state index in [0.29, 0.717) is 24.5 Å². The highest BCUT2D eigenvalue weighted by Gasteiger charge is 2.33. The Morgan fingerprint density at radius 3 is 2.45 bits per heavy atom. The van der Waals surface area contributed by atoms with Gasteiger partial charge in [0, 0.05) is 65.9 Å². The molecule has 3 aromatic carbocycles. The number of rotatable bonds is 7. The van der Waals surface area contributed by atoms with Crippen LogP contribution in [0.5, 0.6) is 0 Å². The largest absolute Gasteiger partial charge is 0.416 e. The summed E-state index contributed by atoms with van der Waals surface area (Å²) in [5.74, 6) is -0.495. The van der Waals surface area contributed by atoms with Crippen molar-refractivity contribution >= 4 is 49.8 Å². The summed E-state index contributed by atoms with van der Waals surface area (Å²) < 4.78 is 82.6. The summed E-state index contributed by atoms with van der Waals surface area (Å²) >= 11 is 6.42. The number of piperazine rings is 1. The number of halogens is 5. The van der Waals surface area contributed by atoms with E-state index in [4.69, 9.17) is 11.6 Å². The molecule has 2 N–H and O–H groups in total. The third kappa shape index (κ3) is 6.80. The molecule has 47 heavy (non-hydrogen) atoms. The highest BCUT2D eigenvalue weighted by atomic mass is 35.5. The molecule has 0 radical (unpaired) electrons. The van der Waals surface area contributed by atoms with Gasteiger partial charge < -0.3 is 15.5 Å². The normalized spacial score (nSPS) is 14.0. The molecule has 6 rings (SSSR count). The molecule has 1 aliphatic heterocycles. The Morgan fingerprint density at radius 2 is 1.74 bits per heavy atom. The van der Waals surface area contributed by atoms with Crippen LogP contribution >= 0.6 is 11.6 Å². The van der Waals surface area contributed by atoms with E-state index in [1.807, 2.05) is 4.90 Å². The fourth-order valence-corrected chi connectivity index (χ4v) is 6.35. The number of nitrogens with one attached hydrogen (secondary N) is 2. The Morgan fingerprint density at radius 1 is 1.00 bits per heavy atom. The molecule has 1 saturated heterocycles. The number of aromatic nitrogens is 3. The van der Waals surface area contributed by atoms with Crippen LogP contribution < -0.4 is 21.1 Å². The molecular weight excluding hydrogens is 660 g/mol. The van der Waals surface area contributed by atoms with E-state index in [-0.39, 0.29) is 43.6 Å². The van der Waals surface area contributed by atoms with E-state index >= 15 is 4.39 Å². The monoisotopic (exact) mass is 686 g/mol. The summed E-state index contributed by atoms with van der Waals surface area (Å²) in [7, 11) is -3.69. The summed E-state index contributed by atoms with van der Waals surface area (Å²) in [6.45, 7) is 2.23. The standard InChI is InChI=1S/C32H27ClF4N6O3S/c1-47(45,46)22-7-8-26(33)23(16-22)24-14-20-17-39-31(40-21-6-9-28(27(34)15-21)42-12-10-38-11-13-42)41-29(20)43(30(24)44)18-19-4-2-3-5-25(19)32(35,36)37/h2-9,14-17,38H,10-13,18H2,1H3,(H,39,40,41). The van der Waals surface area contributed by atoms with Gasteiger partial charge in [0.1, 0.15) is 11.5 Å². The van der Waals surface area contributed by atoms with Crippen molar-refractivity contribution in [3.8, 4) is 11.1 Å². The second-order valence-corrected chi connectivity index (χ2v) is 13.4. The van der Waals surface area contributed by atoms with Gasteiger partial charge in [0.25, 0.3) is 5.56 Å². The van der Waals surface area contributed by atoms with Crippen LogP contribution in [0.4, 0.5) is 34.9 Å². The van der Waals surface area contributed by atoms with Crippen LogP contribution in [0.25, 0.3) is 22.2 Å². The Bertz CT molecular complexity index is 2170. The second kappa shape index (κ2) is 12.6. The SMILES string of the molecule is CS(=O)(=O)c1ccc(Cl)c(-c2cc3cnc(Nc4ccc(N5CCNCC5)c(F)c4)nc3n(Cc3ccccc3C(F)(F)F)c2=O)c1. The second-order valence-electron chi connectivity index (χ2n) is 11.0.